The van der Waals surface area contributed by atoms with Crippen LogP contribution in [0.4, 0.5) is 4.79 Å². The molecule has 31 heavy (non-hydrogen) atoms. The van der Waals surface area contributed by atoms with E-state index in [0.29, 0.717) is 19.8 Å². The number of morpholine rings is 1. The lowest BCUT2D eigenvalue weighted by molar-refractivity contribution is -0.179. The first-order valence-electron chi connectivity index (χ1n) is 11.1. The maximum Gasteiger partial charge on any atom is 0.407 e. The highest BCUT2D eigenvalue weighted by Gasteiger charge is 2.53. The number of likely N-dealkylation sites (N-methyl/N-ethyl adjacent to an activating group) is 1. The number of alkyl carbamates (subject to hydrolysis) is 1. The molecule has 3 aliphatic rings. The molecular formula is C25H30N2O4. The zero-order chi connectivity index (χ0) is 21.5. The van der Waals surface area contributed by atoms with Crippen molar-refractivity contribution in [1.82, 2.24) is 10.2 Å². The zero-order valence-corrected chi connectivity index (χ0v) is 18.0. The van der Waals surface area contributed by atoms with Crippen LogP contribution in [0.5, 0.6) is 0 Å². The van der Waals surface area contributed by atoms with Gasteiger partial charge in [-0.3, -0.25) is 4.90 Å². The Kier molecular flexibility index (Phi) is 5.24. The molecular weight excluding hydrogens is 392 g/mol. The van der Waals surface area contributed by atoms with Crippen LogP contribution in [0.2, 0.25) is 0 Å². The third-order valence-corrected chi connectivity index (χ3v) is 7.65. The Morgan fingerprint density at radius 3 is 2.35 bits per heavy atom. The molecule has 2 fully saturated rings. The van der Waals surface area contributed by atoms with Gasteiger partial charge in [0, 0.05) is 18.0 Å². The van der Waals surface area contributed by atoms with Crippen LogP contribution >= 0.6 is 0 Å². The van der Waals surface area contributed by atoms with Crippen molar-refractivity contribution in [2.24, 2.45) is 0 Å². The highest BCUT2D eigenvalue weighted by molar-refractivity contribution is 5.79. The van der Waals surface area contributed by atoms with Gasteiger partial charge < -0.3 is 19.9 Å². The fourth-order valence-corrected chi connectivity index (χ4v) is 5.46. The molecule has 6 heteroatoms. The minimum Gasteiger partial charge on any atom is -0.449 e. The largest absolute Gasteiger partial charge is 0.449 e. The summed E-state index contributed by atoms with van der Waals surface area (Å²) >= 11 is 0. The van der Waals surface area contributed by atoms with Gasteiger partial charge in [0.15, 0.2) is 0 Å². The smallest absolute Gasteiger partial charge is 0.407 e. The molecule has 2 aliphatic carbocycles. The molecule has 2 N–H and O–H groups in total. The van der Waals surface area contributed by atoms with Crippen LogP contribution in [-0.4, -0.2) is 67.2 Å². The van der Waals surface area contributed by atoms with Gasteiger partial charge >= 0.3 is 6.09 Å². The molecule has 5 rings (SSSR count). The normalized spacial score (nSPS) is 24.3. The Balaban J connectivity index is 1.24. The van der Waals surface area contributed by atoms with Crippen LogP contribution in [0.25, 0.3) is 11.1 Å². The maximum atomic E-state index is 12.6. The van der Waals surface area contributed by atoms with Gasteiger partial charge in [0.1, 0.15) is 6.61 Å². The van der Waals surface area contributed by atoms with E-state index < -0.39 is 11.6 Å². The van der Waals surface area contributed by atoms with Crippen LogP contribution < -0.4 is 5.32 Å². The van der Waals surface area contributed by atoms with E-state index in [1.54, 1.807) is 0 Å². The summed E-state index contributed by atoms with van der Waals surface area (Å²) in [6.07, 6.45) is 2.85. The van der Waals surface area contributed by atoms with Crippen molar-refractivity contribution in [3.8, 4) is 11.1 Å². The van der Waals surface area contributed by atoms with E-state index in [4.69, 9.17) is 9.47 Å². The van der Waals surface area contributed by atoms with Crippen molar-refractivity contribution < 1.29 is 19.4 Å². The van der Waals surface area contributed by atoms with Gasteiger partial charge in [0.2, 0.25) is 0 Å². The van der Waals surface area contributed by atoms with E-state index in [2.05, 4.69) is 34.5 Å². The topological polar surface area (TPSA) is 71.0 Å². The maximum absolute atomic E-state index is 12.6. The second kappa shape index (κ2) is 7.93. The van der Waals surface area contributed by atoms with Crippen molar-refractivity contribution in [2.75, 3.05) is 40.0 Å². The predicted molar refractivity (Wildman–Crippen MR) is 118 cm³/mol. The Bertz CT molecular complexity index is 928. The van der Waals surface area contributed by atoms with E-state index in [1.807, 2.05) is 31.3 Å². The third kappa shape index (κ3) is 3.34. The summed E-state index contributed by atoms with van der Waals surface area (Å²) in [6, 6.07) is 16.6. The number of aliphatic hydroxyl groups excluding tert-OH is 1. The number of ether oxygens (including phenoxy) is 2. The minimum absolute atomic E-state index is 0.0101. The summed E-state index contributed by atoms with van der Waals surface area (Å²) in [5.74, 6) is 0.0314. The number of aliphatic hydroxyl groups is 1. The molecule has 1 atom stereocenters. The van der Waals surface area contributed by atoms with Crippen molar-refractivity contribution in [2.45, 2.75) is 36.3 Å². The standard InChI is InChI=1S/C25H30N2O4/c1-27-24(11-6-12-24)16-30-17-25(27,15-28)14-26-23(29)31-13-22-20-9-4-2-7-18(20)19-8-3-5-10-21(19)22/h2-5,7-10,22,28H,6,11-17H2,1H3,(H,26,29). The van der Waals surface area contributed by atoms with Crippen molar-refractivity contribution in [3.63, 3.8) is 0 Å². The number of fused-ring (bicyclic) bond motifs is 3. The fourth-order valence-electron chi connectivity index (χ4n) is 5.46. The molecule has 1 amide bonds. The number of carbonyl (C=O) groups excluding carboxylic acids is 1. The summed E-state index contributed by atoms with van der Waals surface area (Å²) in [5, 5.41) is 13.1. The number of benzene rings is 2. The van der Waals surface area contributed by atoms with Crippen LogP contribution in [-0.2, 0) is 9.47 Å². The number of amides is 1. The summed E-state index contributed by atoms with van der Waals surface area (Å²) in [7, 11) is 2.04. The molecule has 164 valence electrons. The van der Waals surface area contributed by atoms with Gasteiger partial charge in [-0.1, -0.05) is 48.5 Å². The Labute approximate surface area is 183 Å². The summed E-state index contributed by atoms with van der Waals surface area (Å²) < 4.78 is 11.5. The molecule has 1 saturated carbocycles. The van der Waals surface area contributed by atoms with Crippen LogP contribution in [0.15, 0.2) is 48.5 Å². The summed E-state index contributed by atoms with van der Waals surface area (Å²) in [5.41, 5.74) is 4.16. The van der Waals surface area contributed by atoms with Gasteiger partial charge in [0.05, 0.1) is 25.4 Å². The molecule has 6 nitrogen and oxygen atoms in total. The molecule has 0 radical (unpaired) electrons. The van der Waals surface area contributed by atoms with Gasteiger partial charge in [-0.05, 0) is 48.6 Å². The number of hydrogen-bond donors (Lipinski definition) is 2. The molecule has 0 aromatic heterocycles. The Morgan fingerprint density at radius 2 is 1.77 bits per heavy atom. The molecule has 1 aliphatic heterocycles. The molecule has 1 spiro atoms. The average molecular weight is 423 g/mol. The van der Waals surface area contributed by atoms with Crippen LogP contribution in [0, 0.1) is 0 Å². The van der Waals surface area contributed by atoms with E-state index in [0.717, 1.165) is 12.8 Å². The van der Waals surface area contributed by atoms with E-state index in [9.17, 15) is 9.90 Å². The number of nitrogens with zero attached hydrogens (tertiary/aromatic N) is 1. The molecule has 1 unspecified atom stereocenters. The first kappa shape index (κ1) is 20.5. The molecule has 1 saturated heterocycles. The predicted octanol–water partition coefficient (Wildman–Crippen LogP) is 3.14. The quantitative estimate of drug-likeness (QED) is 0.775. The second-order valence-electron chi connectivity index (χ2n) is 9.19. The zero-order valence-electron chi connectivity index (χ0n) is 18.0. The fraction of sp³-hybridized carbons (Fsp3) is 0.480. The average Bonchev–Trinajstić information content (AvgIpc) is 3.10. The molecule has 2 aromatic rings. The van der Waals surface area contributed by atoms with E-state index in [1.165, 1.54) is 28.7 Å². The van der Waals surface area contributed by atoms with Gasteiger partial charge in [0.25, 0.3) is 0 Å². The lowest BCUT2D eigenvalue weighted by Crippen LogP contribution is -2.73. The first-order chi connectivity index (χ1) is 15.1. The highest BCUT2D eigenvalue weighted by Crippen LogP contribution is 2.45. The van der Waals surface area contributed by atoms with Gasteiger partial charge in [-0.25, -0.2) is 4.79 Å². The number of rotatable bonds is 5. The van der Waals surface area contributed by atoms with E-state index >= 15 is 0 Å². The summed E-state index contributed by atoms with van der Waals surface area (Å²) in [4.78, 5) is 14.8. The number of nitrogens with one attached hydrogen (secondary N) is 1. The molecule has 1 heterocycles. The first-order valence-corrected chi connectivity index (χ1v) is 11.1. The second-order valence-corrected chi connectivity index (χ2v) is 9.19. The molecule has 2 aromatic carbocycles. The van der Waals surface area contributed by atoms with Crippen molar-refractivity contribution >= 4 is 6.09 Å². The van der Waals surface area contributed by atoms with Crippen LogP contribution in [0.1, 0.15) is 36.3 Å². The van der Waals surface area contributed by atoms with Crippen molar-refractivity contribution in [1.29, 1.82) is 0 Å². The number of carbonyl (C=O) groups is 1. The monoisotopic (exact) mass is 422 g/mol. The summed E-state index contributed by atoms with van der Waals surface area (Å²) in [6.45, 7) is 1.58. The Morgan fingerprint density at radius 1 is 1.13 bits per heavy atom. The number of hydrogen-bond acceptors (Lipinski definition) is 5. The van der Waals surface area contributed by atoms with Crippen LogP contribution in [0.3, 0.4) is 0 Å². The van der Waals surface area contributed by atoms with Crippen molar-refractivity contribution in [3.05, 3.63) is 59.7 Å². The SMILES string of the molecule is CN1C2(CCC2)COCC1(CO)CNC(=O)OCC1c2ccccc2-c2ccccc21. The highest BCUT2D eigenvalue weighted by atomic mass is 16.5. The van der Waals surface area contributed by atoms with Gasteiger partial charge in [-0.2, -0.15) is 0 Å². The lowest BCUT2D eigenvalue weighted by Gasteiger charge is -2.59. The van der Waals surface area contributed by atoms with Gasteiger partial charge in [-0.15, -0.1) is 0 Å². The Hall–Kier alpha value is -2.41. The minimum atomic E-state index is -0.621. The third-order valence-electron chi connectivity index (χ3n) is 7.65. The molecule has 0 bridgehead atoms. The lowest BCUT2D eigenvalue weighted by atomic mass is 9.72. The van der Waals surface area contributed by atoms with E-state index in [-0.39, 0.29) is 24.7 Å².